The van der Waals surface area contributed by atoms with E-state index in [9.17, 15) is 27.6 Å². The van der Waals surface area contributed by atoms with Crippen molar-refractivity contribution < 1.29 is 32.3 Å². The molecular weight excluding hydrogens is 610 g/mol. The van der Waals surface area contributed by atoms with Crippen LogP contribution in [-0.4, -0.2) is 78.3 Å². The lowest BCUT2D eigenvalue weighted by Gasteiger charge is -2.35. The van der Waals surface area contributed by atoms with Gasteiger partial charge in [-0.2, -0.15) is 0 Å². The van der Waals surface area contributed by atoms with Gasteiger partial charge in [-0.1, -0.05) is 36.6 Å². The number of allylic oxidation sites excluding steroid dienone is 1. The van der Waals surface area contributed by atoms with Crippen LogP contribution in [0.5, 0.6) is 0 Å². The number of rotatable bonds is 4. The molecule has 0 spiro atoms. The lowest BCUT2D eigenvalue weighted by atomic mass is 10.0. The normalized spacial score (nSPS) is 27.1. The quantitative estimate of drug-likeness (QED) is 0.463. The minimum atomic E-state index is -4.13. The summed E-state index contributed by atoms with van der Waals surface area (Å²) in [7, 11) is -2.70. The molecule has 4 atom stereocenters. The minimum absolute atomic E-state index is 0.141. The molecule has 0 bridgehead atoms. The van der Waals surface area contributed by atoms with Crippen molar-refractivity contribution in [3.8, 4) is 0 Å². The summed E-state index contributed by atoms with van der Waals surface area (Å²) >= 11 is 6.01. The summed E-state index contributed by atoms with van der Waals surface area (Å²) in [5, 5.41) is 3.27. The van der Waals surface area contributed by atoms with Crippen LogP contribution in [-0.2, 0) is 24.3 Å². The highest BCUT2D eigenvalue weighted by Crippen LogP contribution is 2.51. The summed E-state index contributed by atoms with van der Waals surface area (Å²) in [5.74, 6) is -1.69. The van der Waals surface area contributed by atoms with Crippen molar-refractivity contribution in [3.05, 3.63) is 41.4 Å². The zero-order chi connectivity index (χ0) is 32.4. The van der Waals surface area contributed by atoms with Gasteiger partial charge >= 0.3 is 12.1 Å². The number of benzene rings is 1. The number of nitrogens with two attached hydrogens (primary N) is 1. The van der Waals surface area contributed by atoms with Crippen molar-refractivity contribution >= 4 is 51.3 Å². The van der Waals surface area contributed by atoms with E-state index in [2.05, 4.69) is 5.32 Å². The van der Waals surface area contributed by atoms with Crippen molar-refractivity contribution in [2.24, 2.45) is 11.7 Å². The number of carbonyl (C=O) groups excluding carboxylic acids is 4. The number of amides is 5. The first-order valence-electron chi connectivity index (χ1n) is 14.9. The van der Waals surface area contributed by atoms with E-state index in [4.69, 9.17) is 22.1 Å². The van der Waals surface area contributed by atoms with E-state index in [-0.39, 0.29) is 25.8 Å². The Morgan fingerprint density at radius 3 is 2.41 bits per heavy atom. The Kier molecular flexibility index (Phi) is 9.89. The zero-order valence-electron chi connectivity index (χ0n) is 25.6. The molecule has 3 aliphatic rings. The van der Waals surface area contributed by atoms with Crippen LogP contribution in [0, 0.1) is 5.92 Å². The summed E-state index contributed by atoms with van der Waals surface area (Å²) in [5.41, 5.74) is 5.06. The molecule has 0 unspecified atom stereocenters. The minimum Gasteiger partial charge on any atom is -0.443 e. The Morgan fingerprint density at radius 2 is 1.77 bits per heavy atom. The van der Waals surface area contributed by atoms with Crippen molar-refractivity contribution in [1.82, 2.24) is 15.1 Å². The molecule has 1 aromatic carbocycles. The van der Waals surface area contributed by atoms with Gasteiger partial charge in [0, 0.05) is 24.5 Å². The third kappa shape index (κ3) is 6.98. The predicted molar refractivity (Wildman–Crippen MR) is 166 cm³/mol. The number of hydrogen-bond donors (Lipinski definition) is 2. The highest BCUT2D eigenvalue weighted by atomic mass is 35.5. The third-order valence-electron chi connectivity index (χ3n) is 8.29. The standard InChI is InChI=1S/C30H42ClN5O7S/c1-29(2,3)43-28(40)36(27(32)39)24-12-9-7-5-6-8-11-20-19-30(20,33-25(37)23-13-10-18-35(23)26(24)38)44(41,42)34(4)22-16-14-21(31)15-17-22/h8,11,14-17,20,23-24H,5-7,9-10,12-13,18-19H2,1-4H3,(H2,32,39)(H,33,37)/b11-8-/t20-,23+,24+,30-/m1/s1. The molecule has 44 heavy (non-hydrogen) atoms. The number of sulfonamides is 1. The molecule has 0 aromatic heterocycles. The number of urea groups is 1. The van der Waals surface area contributed by atoms with Crippen LogP contribution < -0.4 is 15.4 Å². The van der Waals surface area contributed by atoms with Crippen LogP contribution in [0.15, 0.2) is 36.4 Å². The molecule has 2 heterocycles. The van der Waals surface area contributed by atoms with Gasteiger partial charge in [0.05, 0.1) is 5.69 Å². The van der Waals surface area contributed by atoms with Crippen molar-refractivity contribution in [2.45, 2.75) is 94.7 Å². The van der Waals surface area contributed by atoms with Crippen LogP contribution >= 0.6 is 11.6 Å². The molecule has 3 N–H and O–H groups in total. The molecule has 2 fully saturated rings. The van der Waals surface area contributed by atoms with Crippen LogP contribution in [0.1, 0.15) is 72.1 Å². The second-order valence-corrected chi connectivity index (χ2v) is 15.3. The molecule has 242 valence electrons. The van der Waals surface area contributed by atoms with Crippen molar-refractivity contribution in [2.75, 3.05) is 17.9 Å². The highest BCUT2D eigenvalue weighted by molar-refractivity contribution is 7.94. The maximum atomic E-state index is 14.1. The molecule has 0 radical (unpaired) electrons. The zero-order valence-corrected chi connectivity index (χ0v) is 27.2. The number of primary amides is 1. The number of imide groups is 1. The lowest BCUT2D eigenvalue weighted by molar-refractivity contribution is -0.142. The average Bonchev–Trinajstić information content (AvgIpc) is 3.41. The summed E-state index contributed by atoms with van der Waals surface area (Å²) in [6.45, 7) is 5.10. The maximum absolute atomic E-state index is 14.1. The Morgan fingerprint density at radius 1 is 1.09 bits per heavy atom. The molecular formula is C30H42ClN5O7S. The fourth-order valence-corrected chi connectivity index (χ4v) is 7.99. The van der Waals surface area contributed by atoms with Gasteiger partial charge in [-0.25, -0.2) is 22.9 Å². The fraction of sp³-hybridized carbons (Fsp3) is 0.600. The Hall–Kier alpha value is -3.32. The lowest BCUT2D eigenvalue weighted by Crippen LogP contribution is -2.59. The van der Waals surface area contributed by atoms with Crippen molar-refractivity contribution in [1.29, 1.82) is 0 Å². The molecule has 4 rings (SSSR count). The van der Waals surface area contributed by atoms with Gasteiger partial charge in [0.2, 0.25) is 11.8 Å². The summed E-state index contributed by atoms with van der Waals surface area (Å²) in [6, 6.07) is 2.95. The first-order valence-corrected chi connectivity index (χ1v) is 16.8. The molecule has 2 aliphatic heterocycles. The molecule has 5 amide bonds. The van der Waals surface area contributed by atoms with Gasteiger partial charge in [-0.15, -0.1) is 0 Å². The maximum Gasteiger partial charge on any atom is 0.419 e. The highest BCUT2D eigenvalue weighted by Gasteiger charge is 2.66. The Bertz CT molecular complexity index is 1410. The number of nitrogens with zero attached hydrogens (tertiary/aromatic N) is 3. The van der Waals surface area contributed by atoms with Crippen molar-refractivity contribution in [3.63, 3.8) is 0 Å². The van der Waals surface area contributed by atoms with Crippen LogP contribution in [0.2, 0.25) is 5.02 Å². The molecule has 1 aromatic rings. The number of ether oxygens (including phenoxy) is 1. The summed E-state index contributed by atoms with van der Waals surface area (Å²) in [4.78, 5) is 53.9. The number of carbonyl (C=O) groups is 4. The SMILES string of the molecule is CN(c1ccc(Cl)cc1)S(=O)(=O)[C@]12C[C@H]1/C=C\CCCCC[C@H](N(C(N)=O)C(=O)OC(C)(C)C)C(=O)N1CCC[C@H]1C(=O)N2. The van der Waals surface area contributed by atoms with Crippen LogP contribution in [0.3, 0.4) is 0 Å². The predicted octanol–water partition coefficient (Wildman–Crippen LogP) is 4.13. The van der Waals surface area contributed by atoms with Gasteiger partial charge in [0.15, 0.2) is 4.87 Å². The first-order chi connectivity index (χ1) is 20.6. The second kappa shape index (κ2) is 13.0. The summed E-state index contributed by atoms with van der Waals surface area (Å²) < 4.78 is 34.7. The van der Waals surface area contributed by atoms with E-state index in [1.54, 1.807) is 45.0 Å². The van der Waals surface area contributed by atoms with E-state index >= 15 is 0 Å². The third-order valence-corrected chi connectivity index (χ3v) is 11.0. The largest absolute Gasteiger partial charge is 0.443 e. The number of fused-ring (bicyclic) bond motifs is 2. The van der Waals surface area contributed by atoms with Gasteiger partial charge in [-0.3, -0.25) is 13.9 Å². The molecule has 1 saturated carbocycles. The van der Waals surface area contributed by atoms with Crippen LogP contribution in [0.4, 0.5) is 15.3 Å². The first kappa shape index (κ1) is 33.6. The van der Waals surface area contributed by atoms with Gasteiger partial charge in [0.25, 0.3) is 10.0 Å². The van der Waals surface area contributed by atoms with E-state index in [0.717, 1.165) is 10.7 Å². The Labute approximate surface area is 263 Å². The topological polar surface area (TPSA) is 159 Å². The van der Waals surface area contributed by atoms with Gasteiger partial charge in [0.1, 0.15) is 17.7 Å². The van der Waals surface area contributed by atoms with E-state index in [1.165, 1.54) is 11.9 Å². The van der Waals surface area contributed by atoms with Gasteiger partial charge in [-0.05, 0) is 83.6 Å². The van der Waals surface area contributed by atoms with Gasteiger partial charge < -0.3 is 20.7 Å². The number of hydrogen-bond acceptors (Lipinski definition) is 7. The van der Waals surface area contributed by atoms with E-state index in [0.29, 0.717) is 41.3 Å². The average molecular weight is 652 g/mol. The second-order valence-electron chi connectivity index (χ2n) is 12.6. The smallest absolute Gasteiger partial charge is 0.419 e. The number of halogens is 1. The monoisotopic (exact) mass is 651 g/mol. The molecule has 1 saturated heterocycles. The molecule has 1 aliphatic carbocycles. The molecule has 12 nitrogen and oxygen atoms in total. The number of nitrogens with one attached hydrogen (secondary N) is 1. The summed E-state index contributed by atoms with van der Waals surface area (Å²) in [6.07, 6.45) is 6.36. The van der Waals surface area contributed by atoms with E-state index < -0.39 is 62.4 Å². The number of anilines is 1. The fourth-order valence-electron chi connectivity index (χ4n) is 5.90. The molecule has 14 heteroatoms. The van der Waals surface area contributed by atoms with Crippen LogP contribution in [0.25, 0.3) is 0 Å². The van der Waals surface area contributed by atoms with E-state index in [1.807, 2.05) is 12.2 Å². The Balaban J connectivity index is 1.67.